The quantitative estimate of drug-likeness (QED) is 0.877. The zero-order valence-electron chi connectivity index (χ0n) is 11.0. The Morgan fingerprint density at radius 1 is 1.32 bits per heavy atom. The number of nitrogens with zero attached hydrogens (tertiary/aromatic N) is 3. The van der Waals surface area contributed by atoms with Crippen LogP contribution >= 0.6 is 0 Å². The van der Waals surface area contributed by atoms with Crippen molar-refractivity contribution in [2.75, 3.05) is 18.0 Å². The zero-order valence-corrected chi connectivity index (χ0v) is 11.0. The SMILES string of the molecule is Cn1ccnc(N(CCCN)c2ccccc2)c1=O. The van der Waals surface area contributed by atoms with Crippen molar-refractivity contribution in [3.8, 4) is 0 Å². The molecule has 2 N–H and O–H groups in total. The highest BCUT2D eigenvalue weighted by Gasteiger charge is 2.14. The van der Waals surface area contributed by atoms with E-state index >= 15 is 0 Å². The van der Waals surface area contributed by atoms with E-state index in [1.54, 1.807) is 19.4 Å². The van der Waals surface area contributed by atoms with Crippen LogP contribution in [-0.2, 0) is 7.05 Å². The highest BCUT2D eigenvalue weighted by Crippen LogP contribution is 2.20. The summed E-state index contributed by atoms with van der Waals surface area (Å²) >= 11 is 0. The van der Waals surface area contributed by atoms with Crippen LogP contribution in [0.1, 0.15) is 6.42 Å². The molecule has 0 amide bonds. The van der Waals surface area contributed by atoms with Gasteiger partial charge in [0.25, 0.3) is 5.56 Å². The van der Waals surface area contributed by atoms with Crippen LogP contribution in [0.3, 0.4) is 0 Å². The van der Waals surface area contributed by atoms with Gasteiger partial charge in [0.15, 0.2) is 5.82 Å². The molecule has 0 aliphatic carbocycles. The summed E-state index contributed by atoms with van der Waals surface area (Å²) < 4.78 is 1.53. The van der Waals surface area contributed by atoms with Crippen LogP contribution < -0.4 is 16.2 Å². The maximum atomic E-state index is 12.2. The summed E-state index contributed by atoms with van der Waals surface area (Å²) in [6.07, 6.45) is 4.09. The second-order valence-corrected chi connectivity index (χ2v) is 4.30. The van der Waals surface area contributed by atoms with E-state index in [1.165, 1.54) is 4.57 Å². The fourth-order valence-corrected chi connectivity index (χ4v) is 1.88. The third-order valence-corrected chi connectivity index (χ3v) is 2.91. The fourth-order valence-electron chi connectivity index (χ4n) is 1.88. The summed E-state index contributed by atoms with van der Waals surface area (Å²) in [4.78, 5) is 18.3. The Bertz CT molecular complexity index is 579. The van der Waals surface area contributed by atoms with E-state index in [2.05, 4.69) is 4.98 Å². The molecule has 5 heteroatoms. The smallest absolute Gasteiger partial charge is 0.293 e. The molecule has 0 saturated carbocycles. The van der Waals surface area contributed by atoms with Crippen molar-refractivity contribution in [2.24, 2.45) is 12.8 Å². The molecule has 0 radical (unpaired) electrons. The third-order valence-electron chi connectivity index (χ3n) is 2.91. The van der Waals surface area contributed by atoms with Gasteiger partial charge in [-0.1, -0.05) is 18.2 Å². The molecule has 100 valence electrons. The Balaban J connectivity index is 2.43. The van der Waals surface area contributed by atoms with Gasteiger partial charge in [-0.15, -0.1) is 0 Å². The van der Waals surface area contributed by atoms with Crippen molar-refractivity contribution in [2.45, 2.75) is 6.42 Å². The van der Waals surface area contributed by atoms with Gasteiger partial charge in [-0.3, -0.25) is 4.79 Å². The van der Waals surface area contributed by atoms with E-state index in [0.29, 0.717) is 18.9 Å². The van der Waals surface area contributed by atoms with Gasteiger partial charge in [-0.05, 0) is 25.1 Å². The average molecular weight is 258 g/mol. The molecular formula is C14H18N4O. The molecule has 0 aliphatic rings. The molecular weight excluding hydrogens is 240 g/mol. The monoisotopic (exact) mass is 258 g/mol. The first kappa shape index (κ1) is 13.3. The van der Waals surface area contributed by atoms with Gasteiger partial charge in [0, 0.05) is 31.7 Å². The zero-order chi connectivity index (χ0) is 13.7. The van der Waals surface area contributed by atoms with Crippen LogP contribution in [0.4, 0.5) is 11.5 Å². The van der Waals surface area contributed by atoms with E-state index in [1.807, 2.05) is 35.2 Å². The number of aromatic nitrogens is 2. The Kier molecular flexibility index (Phi) is 4.30. The van der Waals surface area contributed by atoms with Crippen LogP contribution in [-0.4, -0.2) is 22.6 Å². The Hall–Kier alpha value is -2.14. The molecule has 0 spiro atoms. The highest BCUT2D eigenvalue weighted by molar-refractivity contribution is 5.58. The van der Waals surface area contributed by atoms with Crippen molar-refractivity contribution in [1.82, 2.24) is 9.55 Å². The van der Waals surface area contributed by atoms with Crippen LogP contribution in [0.15, 0.2) is 47.5 Å². The van der Waals surface area contributed by atoms with Crippen molar-refractivity contribution in [3.05, 3.63) is 53.1 Å². The van der Waals surface area contributed by atoms with Gasteiger partial charge in [-0.2, -0.15) is 0 Å². The predicted molar refractivity (Wildman–Crippen MR) is 76.6 cm³/mol. The number of para-hydroxylation sites is 1. The Labute approximate surface area is 112 Å². The van der Waals surface area contributed by atoms with Crippen molar-refractivity contribution >= 4 is 11.5 Å². The largest absolute Gasteiger partial charge is 0.330 e. The van der Waals surface area contributed by atoms with E-state index in [4.69, 9.17) is 5.73 Å². The highest BCUT2D eigenvalue weighted by atomic mass is 16.1. The first-order valence-electron chi connectivity index (χ1n) is 6.28. The topological polar surface area (TPSA) is 64.2 Å². The number of aryl methyl sites for hydroxylation is 1. The minimum Gasteiger partial charge on any atom is -0.330 e. The predicted octanol–water partition coefficient (Wildman–Crippen LogP) is 1.27. The third kappa shape index (κ3) is 3.00. The van der Waals surface area contributed by atoms with Crippen molar-refractivity contribution < 1.29 is 0 Å². The lowest BCUT2D eigenvalue weighted by atomic mass is 10.2. The minimum atomic E-state index is -0.108. The standard InChI is InChI=1S/C14H18N4O/c1-17-11-9-16-13(14(17)19)18(10-5-8-15)12-6-3-2-4-7-12/h2-4,6-7,9,11H,5,8,10,15H2,1H3. The molecule has 1 aromatic heterocycles. The summed E-state index contributed by atoms with van der Waals surface area (Å²) in [5.41, 5.74) is 6.41. The fraction of sp³-hybridized carbons (Fsp3) is 0.286. The van der Waals surface area contributed by atoms with Gasteiger partial charge in [0.2, 0.25) is 0 Å². The number of nitrogens with two attached hydrogens (primary N) is 1. The average Bonchev–Trinajstić information content (AvgIpc) is 2.45. The van der Waals surface area contributed by atoms with Gasteiger partial charge in [0.1, 0.15) is 0 Å². The number of hydrogen-bond acceptors (Lipinski definition) is 4. The molecule has 0 fully saturated rings. The first-order valence-corrected chi connectivity index (χ1v) is 6.28. The Morgan fingerprint density at radius 3 is 2.74 bits per heavy atom. The Morgan fingerprint density at radius 2 is 2.05 bits per heavy atom. The number of hydrogen-bond donors (Lipinski definition) is 1. The summed E-state index contributed by atoms with van der Waals surface area (Å²) in [5, 5.41) is 0. The molecule has 2 rings (SSSR count). The molecule has 5 nitrogen and oxygen atoms in total. The number of benzene rings is 1. The lowest BCUT2D eigenvalue weighted by molar-refractivity contribution is 0.780. The minimum absolute atomic E-state index is 0.108. The second kappa shape index (κ2) is 6.15. The summed E-state index contributed by atoms with van der Waals surface area (Å²) in [5.74, 6) is 0.435. The molecule has 19 heavy (non-hydrogen) atoms. The maximum Gasteiger partial charge on any atom is 0.293 e. The molecule has 0 bridgehead atoms. The summed E-state index contributed by atoms with van der Waals surface area (Å²) in [7, 11) is 1.72. The van der Waals surface area contributed by atoms with Crippen molar-refractivity contribution in [1.29, 1.82) is 0 Å². The van der Waals surface area contributed by atoms with Gasteiger partial charge in [0.05, 0.1) is 0 Å². The number of anilines is 2. The molecule has 0 saturated heterocycles. The lowest BCUT2D eigenvalue weighted by Gasteiger charge is -2.23. The van der Waals surface area contributed by atoms with Gasteiger partial charge in [-0.25, -0.2) is 4.98 Å². The molecule has 2 aromatic rings. The lowest BCUT2D eigenvalue weighted by Crippen LogP contribution is -2.30. The van der Waals surface area contributed by atoms with Gasteiger partial charge < -0.3 is 15.2 Å². The molecule has 0 aliphatic heterocycles. The van der Waals surface area contributed by atoms with Crippen LogP contribution in [0, 0.1) is 0 Å². The molecule has 1 heterocycles. The molecule has 0 unspecified atom stereocenters. The van der Waals surface area contributed by atoms with E-state index in [-0.39, 0.29) is 5.56 Å². The van der Waals surface area contributed by atoms with Crippen molar-refractivity contribution in [3.63, 3.8) is 0 Å². The van der Waals surface area contributed by atoms with Crippen LogP contribution in [0.2, 0.25) is 0 Å². The molecule has 0 atom stereocenters. The summed E-state index contributed by atoms with van der Waals surface area (Å²) in [6, 6.07) is 9.76. The van der Waals surface area contributed by atoms with Crippen LogP contribution in [0.5, 0.6) is 0 Å². The van der Waals surface area contributed by atoms with Crippen LogP contribution in [0.25, 0.3) is 0 Å². The van der Waals surface area contributed by atoms with Gasteiger partial charge >= 0.3 is 0 Å². The second-order valence-electron chi connectivity index (χ2n) is 4.30. The normalized spacial score (nSPS) is 10.4. The summed E-state index contributed by atoms with van der Waals surface area (Å²) in [6.45, 7) is 1.25. The first-order chi connectivity index (χ1) is 9.24. The van der Waals surface area contributed by atoms with E-state index in [9.17, 15) is 4.79 Å². The van der Waals surface area contributed by atoms with E-state index in [0.717, 1.165) is 12.1 Å². The van der Waals surface area contributed by atoms with E-state index < -0.39 is 0 Å². The molecule has 1 aromatic carbocycles. The maximum absolute atomic E-state index is 12.2. The number of rotatable bonds is 5.